The summed E-state index contributed by atoms with van der Waals surface area (Å²) in [5.74, 6) is 2.08. The van der Waals surface area contributed by atoms with Crippen molar-refractivity contribution in [1.82, 2.24) is 16.0 Å². The Morgan fingerprint density at radius 2 is 1.75 bits per heavy atom. The quantitative estimate of drug-likeness (QED) is 0.210. The standard InChI is InChI=1S/C21H34N4O2.HI/c1-3-22-21(24-14-13-17-9-11-19(27-2)12-10-17)25-16-15-23-20(26)18-7-5-4-6-8-18;/h9-12,18H,3-8,13-16H2,1-2H3,(H,23,26)(H2,22,24,25);1H. The van der Waals surface area contributed by atoms with Crippen molar-refractivity contribution in [3.05, 3.63) is 29.8 Å². The molecule has 1 aliphatic carbocycles. The van der Waals surface area contributed by atoms with Crippen molar-refractivity contribution in [3.8, 4) is 5.75 Å². The van der Waals surface area contributed by atoms with Crippen molar-refractivity contribution < 1.29 is 9.53 Å². The molecule has 0 spiro atoms. The Bertz CT molecular complexity index is 587. The lowest BCUT2D eigenvalue weighted by atomic mass is 9.89. The Kier molecular flexibility index (Phi) is 12.7. The fraction of sp³-hybridized carbons (Fsp3) is 0.619. The van der Waals surface area contributed by atoms with Gasteiger partial charge in [0.2, 0.25) is 5.91 Å². The van der Waals surface area contributed by atoms with Crippen molar-refractivity contribution >= 4 is 35.8 Å². The van der Waals surface area contributed by atoms with Crippen LogP contribution < -0.4 is 20.7 Å². The Labute approximate surface area is 186 Å². The molecule has 7 heteroatoms. The van der Waals surface area contributed by atoms with Crippen LogP contribution in [0.25, 0.3) is 0 Å². The first-order valence-corrected chi connectivity index (χ1v) is 10.2. The van der Waals surface area contributed by atoms with Gasteiger partial charge in [-0.05, 0) is 43.9 Å². The lowest BCUT2D eigenvalue weighted by Crippen LogP contribution is -2.42. The van der Waals surface area contributed by atoms with Gasteiger partial charge in [0.25, 0.3) is 0 Å². The number of methoxy groups -OCH3 is 1. The Morgan fingerprint density at radius 1 is 1.07 bits per heavy atom. The van der Waals surface area contributed by atoms with Crippen molar-refractivity contribution in [2.75, 3.05) is 33.3 Å². The number of guanidine groups is 1. The predicted molar refractivity (Wildman–Crippen MR) is 126 cm³/mol. The average Bonchev–Trinajstić information content (AvgIpc) is 2.72. The molecule has 0 heterocycles. The minimum atomic E-state index is 0. The SMILES string of the molecule is CCNC(=NCCc1ccc(OC)cc1)NCCNC(=O)C1CCCCC1.I. The number of ether oxygens (including phenoxy) is 1. The van der Waals surface area contributed by atoms with Crippen molar-refractivity contribution in [1.29, 1.82) is 0 Å². The fourth-order valence-electron chi connectivity index (χ4n) is 3.31. The number of nitrogens with zero attached hydrogens (tertiary/aromatic N) is 1. The van der Waals surface area contributed by atoms with E-state index in [0.717, 1.165) is 37.5 Å². The molecule has 1 aliphatic rings. The van der Waals surface area contributed by atoms with Gasteiger partial charge < -0.3 is 20.7 Å². The Balaban J connectivity index is 0.00000392. The molecule has 0 saturated heterocycles. The molecule has 1 fully saturated rings. The van der Waals surface area contributed by atoms with E-state index in [-0.39, 0.29) is 35.8 Å². The molecule has 0 aliphatic heterocycles. The van der Waals surface area contributed by atoms with E-state index >= 15 is 0 Å². The van der Waals surface area contributed by atoms with Crippen molar-refractivity contribution in [2.45, 2.75) is 45.4 Å². The molecular formula is C21H35IN4O2. The average molecular weight is 502 g/mol. The topological polar surface area (TPSA) is 74.8 Å². The number of carbonyl (C=O) groups excluding carboxylic acids is 1. The van der Waals surface area contributed by atoms with Gasteiger partial charge in [0, 0.05) is 32.1 Å². The number of nitrogens with one attached hydrogen (secondary N) is 3. The van der Waals surface area contributed by atoms with E-state index in [4.69, 9.17) is 4.74 Å². The number of hydrogen-bond donors (Lipinski definition) is 3. The number of benzene rings is 1. The zero-order valence-electron chi connectivity index (χ0n) is 17.1. The first kappa shape index (κ1) is 24.5. The normalized spacial score (nSPS) is 14.7. The maximum Gasteiger partial charge on any atom is 0.223 e. The lowest BCUT2D eigenvalue weighted by Gasteiger charge is -2.21. The molecule has 158 valence electrons. The van der Waals surface area contributed by atoms with Crippen LogP contribution in [0.15, 0.2) is 29.3 Å². The second-order valence-corrected chi connectivity index (χ2v) is 6.91. The number of amides is 1. The van der Waals surface area contributed by atoms with Crippen molar-refractivity contribution in [2.24, 2.45) is 10.9 Å². The van der Waals surface area contributed by atoms with Gasteiger partial charge >= 0.3 is 0 Å². The monoisotopic (exact) mass is 502 g/mol. The third-order valence-corrected chi connectivity index (χ3v) is 4.87. The summed E-state index contributed by atoms with van der Waals surface area (Å²) in [5.41, 5.74) is 1.23. The van der Waals surface area contributed by atoms with E-state index in [0.29, 0.717) is 19.6 Å². The van der Waals surface area contributed by atoms with E-state index in [2.05, 4.69) is 33.1 Å². The van der Waals surface area contributed by atoms with Crippen LogP contribution in [-0.4, -0.2) is 45.2 Å². The van der Waals surface area contributed by atoms with E-state index in [1.165, 1.54) is 24.8 Å². The Morgan fingerprint density at radius 3 is 2.39 bits per heavy atom. The summed E-state index contributed by atoms with van der Waals surface area (Å²) in [6.07, 6.45) is 6.58. The van der Waals surface area contributed by atoms with Gasteiger partial charge in [-0.3, -0.25) is 9.79 Å². The van der Waals surface area contributed by atoms with Crippen LogP contribution in [0, 0.1) is 5.92 Å². The highest BCUT2D eigenvalue weighted by atomic mass is 127. The number of hydrogen-bond acceptors (Lipinski definition) is 3. The molecule has 3 N–H and O–H groups in total. The van der Waals surface area contributed by atoms with Crippen LogP contribution in [-0.2, 0) is 11.2 Å². The van der Waals surface area contributed by atoms with Crippen LogP contribution in [0.3, 0.4) is 0 Å². The third kappa shape index (κ3) is 9.12. The predicted octanol–water partition coefficient (Wildman–Crippen LogP) is 3.11. The molecule has 6 nitrogen and oxygen atoms in total. The van der Waals surface area contributed by atoms with Gasteiger partial charge in [-0.25, -0.2) is 0 Å². The van der Waals surface area contributed by atoms with Gasteiger partial charge in [0.15, 0.2) is 5.96 Å². The van der Waals surface area contributed by atoms with Gasteiger partial charge in [0.05, 0.1) is 7.11 Å². The Hall–Kier alpha value is -1.51. The second kappa shape index (κ2) is 14.5. The molecular weight excluding hydrogens is 467 g/mol. The first-order valence-electron chi connectivity index (χ1n) is 10.2. The zero-order chi connectivity index (χ0) is 19.3. The maximum absolute atomic E-state index is 12.1. The van der Waals surface area contributed by atoms with E-state index in [1.807, 2.05) is 19.1 Å². The van der Waals surface area contributed by atoms with Crippen LogP contribution in [0.4, 0.5) is 0 Å². The highest BCUT2D eigenvalue weighted by Crippen LogP contribution is 2.23. The number of aliphatic imine (C=N–C) groups is 1. The third-order valence-electron chi connectivity index (χ3n) is 4.87. The molecule has 2 rings (SSSR count). The molecule has 1 amide bonds. The van der Waals surface area contributed by atoms with Gasteiger partial charge in [0.1, 0.15) is 5.75 Å². The minimum absolute atomic E-state index is 0. The summed E-state index contributed by atoms with van der Waals surface area (Å²) >= 11 is 0. The van der Waals surface area contributed by atoms with Crippen LogP contribution in [0.1, 0.15) is 44.6 Å². The molecule has 1 aromatic rings. The van der Waals surface area contributed by atoms with E-state index in [9.17, 15) is 4.79 Å². The molecule has 0 bridgehead atoms. The summed E-state index contributed by atoms with van der Waals surface area (Å²) < 4.78 is 5.18. The highest BCUT2D eigenvalue weighted by molar-refractivity contribution is 14.0. The summed E-state index contributed by atoms with van der Waals surface area (Å²) in [6.45, 7) is 4.86. The van der Waals surface area contributed by atoms with E-state index < -0.39 is 0 Å². The molecule has 0 unspecified atom stereocenters. The van der Waals surface area contributed by atoms with Gasteiger partial charge in [-0.1, -0.05) is 31.4 Å². The maximum atomic E-state index is 12.1. The summed E-state index contributed by atoms with van der Waals surface area (Å²) in [6, 6.07) is 8.07. The summed E-state index contributed by atoms with van der Waals surface area (Å²) in [5, 5.41) is 9.58. The smallest absolute Gasteiger partial charge is 0.223 e. The van der Waals surface area contributed by atoms with Crippen LogP contribution in [0.2, 0.25) is 0 Å². The number of halogens is 1. The van der Waals surface area contributed by atoms with Gasteiger partial charge in [-0.2, -0.15) is 0 Å². The molecule has 1 aromatic carbocycles. The van der Waals surface area contributed by atoms with Crippen LogP contribution >= 0.6 is 24.0 Å². The largest absolute Gasteiger partial charge is 0.497 e. The van der Waals surface area contributed by atoms with Crippen molar-refractivity contribution in [3.63, 3.8) is 0 Å². The molecule has 0 aromatic heterocycles. The lowest BCUT2D eigenvalue weighted by molar-refractivity contribution is -0.125. The minimum Gasteiger partial charge on any atom is -0.497 e. The molecule has 0 atom stereocenters. The number of rotatable bonds is 9. The van der Waals surface area contributed by atoms with E-state index in [1.54, 1.807) is 7.11 Å². The van der Waals surface area contributed by atoms with Crippen LogP contribution in [0.5, 0.6) is 5.75 Å². The number of carbonyl (C=O) groups is 1. The summed E-state index contributed by atoms with van der Waals surface area (Å²) in [7, 11) is 1.67. The highest BCUT2D eigenvalue weighted by Gasteiger charge is 2.20. The zero-order valence-corrected chi connectivity index (χ0v) is 19.5. The molecule has 28 heavy (non-hydrogen) atoms. The summed E-state index contributed by atoms with van der Waals surface area (Å²) in [4.78, 5) is 16.8. The fourth-order valence-corrected chi connectivity index (χ4v) is 3.31. The first-order chi connectivity index (χ1) is 13.2. The molecule has 0 radical (unpaired) electrons. The van der Waals surface area contributed by atoms with Gasteiger partial charge in [-0.15, -0.1) is 24.0 Å². The molecule has 1 saturated carbocycles. The second-order valence-electron chi connectivity index (χ2n) is 6.91.